The van der Waals surface area contributed by atoms with E-state index in [4.69, 9.17) is 4.74 Å². The lowest BCUT2D eigenvalue weighted by molar-refractivity contribution is -0.136. The van der Waals surface area contributed by atoms with Gasteiger partial charge in [-0.15, -0.1) is 0 Å². The first-order valence-corrected chi connectivity index (χ1v) is 9.09. The second-order valence-corrected chi connectivity index (χ2v) is 6.76. The Labute approximate surface area is 149 Å². The Hall–Kier alpha value is -2.20. The van der Waals surface area contributed by atoms with E-state index in [1.54, 1.807) is 12.4 Å². The molecule has 0 radical (unpaired) electrons. The van der Waals surface area contributed by atoms with Crippen LogP contribution in [0.4, 0.5) is 0 Å². The van der Waals surface area contributed by atoms with Gasteiger partial charge >= 0.3 is 0 Å². The van der Waals surface area contributed by atoms with E-state index >= 15 is 0 Å². The molecule has 0 aliphatic carbocycles. The van der Waals surface area contributed by atoms with Crippen LogP contribution in [0, 0.1) is 5.41 Å². The predicted octanol–water partition coefficient (Wildman–Crippen LogP) is 3.61. The van der Waals surface area contributed by atoms with Gasteiger partial charge in [-0.2, -0.15) is 0 Å². The summed E-state index contributed by atoms with van der Waals surface area (Å²) in [6.07, 6.45) is 6.90. The molecule has 4 nitrogen and oxygen atoms in total. The number of carbonyl (C=O) groups is 1. The molecule has 1 saturated heterocycles. The molecule has 0 atom stereocenters. The van der Waals surface area contributed by atoms with Gasteiger partial charge in [0.1, 0.15) is 0 Å². The van der Waals surface area contributed by atoms with Crippen molar-refractivity contribution in [3.8, 4) is 11.1 Å². The summed E-state index contributed by atoms with van der Waals surface area (Å²) in [7, 11) is 0. The highest BCUT2D eigenvalue weighted by Gasteiger charge is 2.39. The Morgan fingerprint density at radius 3 is 2.36 bits per heavy atom. The van der Waals surface area contributed by atoms with Crippen LogP contribution in [0.5, 0.6) is 0 Å². The summed E-state index contributed by atoms with van der Waals surface area (Å²) in [5.74, 6) is 0.177. The van der Waals surface area contributed by atoms with Crippen LogP contribution in [0.3, 0.4) is 0 Å². The molecule has 2 heterocycles. The number of carbonyl (C=O) groups excluding carboxylic acids is 1. The predicted molar refractivity (Wildman–Crippen MR) is 99.2 cm³/mol. The maximum atomic E-state index is 12.8. The van der Waals surface area contributed by atoms with E-state index < -0.39 is 0 Å². The number of ether oxygens (including phenoxy) is 1. The van der Waals surface area contributed by atoms with Gasteiger partial charge in [-0.1, -0.05) is 31.2 Å². The van der Waals surface area contributed by atoms with Gasteiger partial charge in [0.25, 0.3) is 0 Å². The van der Waals surface area contributed by atoms with Gasteiger partial charge in [0.2, 0.25) is 5.91 Å². The van der Waals surface area contributed by atoms with Gasteiger partial charge in [0, 0.05) is 32.2 Å². The first-order chi connectivity index (χ1) is 12.2. The number of rotatable bonds is 6. The zero-order valence-corrected chi connectivity index (χ0v) is 14.8. The molecular formula is C21H26N2O2. The topological polar surface area (TPSA) is 51.2 Å². The van der Waals surface area contributed by atoms with Gasteiger partial charge in [0.05, 0.1) is 5.41 Å². The van der Waals surface area contributed by atoms with Crippen molar-refractivity contribution in [1.29, 1.82) is 0 Å². The monoisotopic (exact) mass is 338 g/mol. The number of benzene rings is 1. The summed E-state index contributed by atoms with van der Waals surface area (Å²) in [5, 5.41) is 3.10. The Bertz CT molecular complexity index is 677. The molecule has 1 aliphatic rings. The lowest BCUT2D eigenvalue weighted by atomic mass is 9.74. The molecule has 1 aliphatic heterocycles. The second kappa shape index (κ2) is 8.26. The Morgan fingerprint density at radius 2 is 1.72 bits per heavy atom. The molecule has 1 aromatic heterocycles. The van der Waals surface area contributed by atoms with Crippen LogP contribution in [0.15, 0.2) is 48.8 Å². The van der Waals surface area contributed by atoms with E-state index in [1.165, 1.54) is 11.1 Å². The summed E-state index contributed by atoms with van der Waals surface area (Å²) in [6.45, 7) is 4.14. The molecule has 0 unspecified atom stereocenters. The SMILES string of the molecule is CCCNC(=O)C1(Cc2ccc(-c3ccncc3)cc2)CCOCC1. The third kappa shape index (κ3) is 4.26. The van der Waals surface area contributed by atoms with Gasteiger partial charge in [-0.25, -0.2) is 0 Å². The van der Waals surface area contributed by atoms with E-state index in [9.17, 15) is 4.79 Å². The van der Waals surface area contributed by atoms with Crippen molar-refractivity contribution in [3.63, 3.8) is 0 Å². The standard InChI is InChI=1S/C21H26N2O2/c1-2-11-23-20(24)21(9-14-25-15-10-21)16-17-3-5-18(6-4-17)19-7-12-22-13-8-19/h3-8,12-13H,2,9-11,14-16H2,1H3,(H,23,24). The summed E-state index contributed by atoms with van der Waals surface area (Å²) < 4.78 is 5.51. The molecule has 1 N–H and O–H groups in total. The number of hydrogen-bond acceptors (Lipinski definition) is 3. The maximum Gasteiger partial charge on any atom is 0.226 e. The number of nitrogens with one attached hydrogen (secondary N) is 1. The summed E-state index contributed by atoms with van der Waals surface area (Å²) >= 11 is 0. The van der Waals surface area contributed by atoms with Gasteiger partial charge in [0.15, 0.2) is 0 Å². The maximum absolute atomic E-state index is 12.8. The highest BCUT2D eigenvalue weighted by atomic mass is 16.5. The number of nitrogens with zero attached hydrogens (tertiary/aromatic N) is 1. The molecule has 3 rings (SSSR count). The molecular weight excluding hydrogens is 312 g/mol. The third-order valence-corrected chi connectivity index (χ3v) is 4.98. The Balaban J connectivity index is 1.76. The van der Waals surface area contributed by atoms with E-state index in [2.05, 4.69) is 41.5 Å². The smallest absolute Gasteiger partial charge is 0.226 e. The summed E-state index contributed by atoms with van der Waals surface area (Å²) in [5.41, 5.74) is 3.18. The van der Waals surface area contributed by atoms with Crippen molar-refractivity contribution >= 4 is 5.91 Å². The van der Waals surface area contributed by atoms with Crippen LogP contribution in [-0.4, -0.2) is 30.6 Å². The highest BCUT2D eigenvalue weighted by molar-refractivity contribution is 5.83. The largest absolute Gasteiger partial charge is 0.381 e. The average Bonchev–Trinajstić information content (AvgIpc) is 2.68. The summed E-state index contributed by atoms with van der Waals surface area (Å²) in [4.78, 5) is 16.9. The zero-order chi connectivity index (χ0) is 17.5. The first kappa shape index (κ1) is 17.6. The van der Waals surface area contributed by atoms with Crippen molar-refractivity contribution in [2.24, 2.45) is 5.41 Å². The van der Waals surface area contributed by atoms with E-state index in [-0.39, 0.29) is 11.3 Å². The number of pyridine rings is 1. The molecule has 0 saturated carbocycles. The van der Waals surface area contributed by atoms with Crippen LogP contribution in [0.25, 0.3) is 11.1 Å². The molecule has 0 bridgehead atoms. The van der Waals surface area contributed by atoms with Crippen molar-refractivity contribution in [2.75, 3.05) is 19.8 Å². The lowest BCUT2D eigenvalue weighted by Gasteiger charge is -2.36. The number of aromatic nitrogens is 1. The second-order valence-electron chi connectivity index (χ2n) is 6.76. The molecule has 2 aromatic rings. The Morgan fingerprint density at radius 1 is 1.08 bits per heavy atom. The van der Waals surface area contributed by atoms with Crippen molar-refractivity contribution in [3.05, 3.63) is 54.4 Å². The van der Waals surface area contributed by atoms with Crippen molar-refractivity contribution in [2.45, 2.75) is 32.6 Å². The van der Waals surface area contributed by atoms with E-state index in [1.807, 2.05) is 12.1 Å². The molecule has 25 heavy (non-hydrogen) atoms. The minimum Gasteiger partial charge on any atom is -0.381 e. The van der Waals surface area contributed by atoms with E-state index in [0.717, 1.165) is 37.8 Å². The number of hydrogen-bond donors (Lipinski definition) is 1. The zero-order valence-electron chi connectivity index (χ0n) is 14.8. The van der Waals surface area contributed by atoms with Crippen molar-refractivity contribution < 1.29 is 9.53 Å². The normalized spacial score (nSPS) is 16.4. The van der Waals surface area contributed by atoms with Gasteiger partial charge in [-0.05, 0) is 54.5 Å². The van der Waals surface area contributed by atoms with Crippen molar-refractivity contribution in [1.82, 2.24) is 10.3 Å². The fraction of sp³-hybridized carbons (Fsp3) is 0.429. The fourth-order valence-electron chi connectivity index (χ4n) is 3.42. The van der Waals surface area contributed by atoms with Crippen LogP contribution in [0.1, 0.15) is 31.7 Å². The Kier molecular flexibility index (Phi) is 5.82. The third-order valence-electron chi connectivity index (χ3n) is 4.98. The molecule has 1 amide bonds. The molecule has 0 spiro atoms. The van der Waals surface area contributed by atoms with E-state index in [0.29, 0.717) is 13.2 Å². The number of amides is 1. The summed E-state index contributed by atoms with van der Waals surface area (Å²) in [6, 6.07) is 12.5. The van der Waals surface area contributed by atoms with Crippen LogP contribution >= 0.6 is 0 Å². The van der Waals surface area contributed by atoms with Crippen LogP contribution in [-0.2, 0) is 16.0 Å². The average molecular weight is 338 g/mol. The quantitative estimate of drug-likeness (QED) is 0.875. The lowest BCUT2D eigenvalue weighted by Crippen LogP contribution is -2.46. The highest BCUT2D eigenvalue weighted by Crippen LogP contribution is 2.35. The molecule has 1 fully saturated rings. The minimum atomic E-state index is -0.342. The van der Waals surface area contributed by atoms with Gasteiger partial charge in [-0.3, -0.25) is 9.78 Å². The van der Waals surface area contributed by atoms with Gasteiger partial charge < -0.3 is 10.1 Å². The molecule has 4 heteroatoms. The molecule has 1 aromatic carbocycles. The minimum absolute atomic E-state index is 0.177. The fourth-order valence-corrected chi connectivity index (χ4v) is 3.42. The van der Waals surface area contributed by atoms with Crippen LogP contribution in [0.2, 0.25) is 0 Å². The molecule has 132 valence electrons. The first-order valence-electron chi connectivity index (χ1n) is 9.09. The van der Waals surface area contributed by atoms with Crippen LogP contribution < -0.4 is 5.32 Å².